The van der Waals surface area contributed by atoms with Gasteiger partial charge in [0.05, 0.1) is 10.8 Å². The molecule has 4 aliphatic rings. The summed E-state index contributed by atoms with van der Waals surface area (Å²) in [5, 5.41) is 0. The molecule has 0 atom stereocenters. The Hall–Kier alpha value is -12.5. The number of hydrogen-bond acceptors (Lipinski definition) is 8. The van der Waals surface area contributed by atoms with Crippen LogP contribution in [0.25, 0.3) is 113 Å². The zero-order valence-corrected chi connectivity index (χ0v) is 50.5. The van der Waals surface area contributed by atoms with Gasteiger partial charge in [0, 0.05) is 55.6 Å². The summed E-state index contributed by atoms with van der Waals surface area (Å²) >= 11 is 0. The van der Waals surface area contributed by atoms with Gasteiger partial charge in [0.1, 0.15) is 23.0 Å². The quantitative estimate of drug-likeness (QED) is 0.148. The molecule has 15 aromatic rings. The lowest BCUT2D eigenvalue weighted by atomic mass is 9.65. The second-order valence-corrected chi connectivity index (χ2v) is 24.4. The molecule has 0 saturated heterocycles. The van der Waals surface area contributed by atoms with Crippen LogP contribution in [0.3, 0.4) is 0 Å². The van der Waals surface area contributed by atoms with E-state index in [0.29, 0.717) is 34.9 Å². The van der Waals surface area contributed by atoms with Crippen LogP contribution in [0.15, 0.2) is 315 Å². The minimum atomic E-state index is -0.817. The molecule has 2 spiro atoms. The third-order valence-corrected chi connectivity index (χ3v) is 19.3. The predicted octanol–water partition coefficient (Wildman–Crippen LogP) is 20.3. The van der Waals surface area contributed by atoms with Crippen LogP contribution >= 0.6 is 0 Å². The minimum Gasteiger partial charge on any atom is -0.457 e. The zero-order chi connectivity index (χ0) is 61.9. The normalized spacial score (nSPS) is 13.4. The summed E-state index contributed by atoms with van der Waals surface area (Å²) in [5.41, 5.74) is 21.7. The summed E-state index contributed by atoms with van der Waals surface area (Å²) in [4.78, 5) is 31.7. The van der Waals surface area contributed by atoms with Crippen molar-refractivity contribution in [3.8, 4) is 136 Å². The number of aromatic nitrogens is 6. The molecular formula is C86H52N6O2. The first-order chi connectivity index (χ1) is 46.5. The molecule has 0 unspecified atom stereocenters. The summed E-state index contributed by atoms with van der Waals surface area (Å²) in [7, 11) is 0. The van der Waals surface area contributed by atoms with Gasteiger partial charge in [0.2, 0.25) is 0 Å². The van der Waals surface area contributed by atoms with Crippen LogP contribution in [0, 0.1) is 0 Å². The Kier molecular flexibility index (Phi) is 11.9. The smallest absolute Gasteiger partial charge is 0.164 e. The molecule has 0 N–H and O–H groups in total. The van der Waals surface area contributed by atoms with Crippen molar-refractivity contribution in [3.05, 3.63) is 360 Å². The maximum atomic E-state index is 7.14. The molecular weight excluding hydrogens is 1150 g/mol. The van der Waals surface area contributed by atoms with E-state index in [4.69, 9.17) is 39.4 Å². The second kappa shape index (κ2) is 21.0. The van der Waals surface area contributed by atoms with Crippen molar-refractivity contribution >= 4 is 0 Å². The van der Waals surface area contributed by atoms with Gasteiger partial charge in [-0.15, -0.1) is 0 Å². The topological polar surface area (TPSA) is 95.8 Å². The fraction of sp³-hybridized carbons (Fsp3) is 0.0233. The summed E-state index contributed by atoms with van der Waals surface area (Å²) < 4.78 is 14.0. The predicted molar refractivity (Wildman–Crippen MR) is 371 cm³/mol. The van der Waals surface area contributed by atoms with Gasteiger partial charge in [0.25, 0.3) is 0 Å². The minimum absolute atomic E-state index is 0.551. The van der Waals surface area contributed by atoms with Crippen molar-refractivity contribution in [2.75, 3.05) is 0 Å². The van der Waals surface area contributed by atoms with E-state index >= 15 is 0 Å². The van der Waals surface area contributed by atoms with E-state index in [-0.39, 0.29) is 0 Å². The molecule has 438 valence electrons. The van der Waals surface area contributed by atoms with E-state index in [1.165, 1.54) is 44.5 Å². The maximum Gasteiger partial charge on any atom is 0.164 e. The number of hydrogen-bond donors (Lipinski definition) is 0. The van der Waals surface area contributed by atoms with Crippen LogP contribution in [0.5, 0.6) is 23.0 Å². The maximum absolute atomic E-state index is 7.14. The zero-order valence-electron chi connectivity index (χ0n) is 50.5. The molecule has 2 aliphatic carbocycles. The van der Waals surface area contributed by atoms with Crippen molar-refractivity contribution in [2.45, 2.75) is 10.8 Å². The first-order valence-electron chi connectivity index (χ1n) is 31.7. The Morgan fingerprint density at radius 3 is 0.872 bits per heavy atom. The lowest BCUT2D eigenvalue weighted by Crippen LogP contribution is -2.32. The van der Waals surface area contributed by atoms with E-state index in [2.05, 4.69) is 255 Å². The Balaban J connectivity index is 0.752. The van der Waals surface area contributed by atoms with Crippen molar-refractivity contribution < 1.29 is 9.47 Å². The van der Waals surface area contributed by atoms with Crippen molar-refractivity contribution in [1.29, 1.82) is 0 Å². The van der Waals surface area contributed by atoms with Crippen LogP contribution in [-0.2, 0) is 10.8 Å². The van der Waals surface area contributed by atoms with Crippen molar-refractivity contribution in [2.24, 2.45) is 0 Å². The number of para-hydroxylation sites is 1. The fourth-order valence-electron chi connectivity index (χ4n) is 15.2. The van der Waals surface area contributed by atoms with Gasteiger partial charge >= 0.3 is 0 Å². The van der Waals surface area contributed by atoms with Gasteiger partial charge in [-0.3, -0.25) is 0 Å². The summed E-state index contributed by atoms with van der Waals surface area (Å²) in [5.74, 6) is 6.58. The lowest BCUT2D eigenvalue weighted by Gasteiger charge is -2.40. The lowest BCUT2D eigenvalue weighted by molar-refractivity contribution is 0.436. The molecule has 0 fully saturated rings. The monoisotopic (exact) mass is 1200 g/mol. The van der Waals surface area contributed by atoms with E-state index in [0.717, 1.165) is 101 Å². The Morgan fingerprint density at radius 1 is 0.170 bits per heavy atom. The van der Waals surface area contributed by atoms with Gasteiger partial charge in [0.15, 0.2) is 34.9 Å². The third-order valence-electron chi connectivity index (χ3n) is 19.3. The summed E-state index contributed by atoms with van der Waals surface area (Å²) in [6.07, 6.45) is 0. The highest BCUT2D eigenvalue weighted by Crippen LogP contribution is 2.64. The summed E-state index contributed by atoms with van der Waals surface area (Å²) in [6.45, 7) is 0. The Bertz CT molecular complexity index is 5490. The first-order valence-corrected chi connectivity index (χ1v) is 31.7. The number of ether oxygens (including phenoxy) is 2. The van der Waals surface area contributed by atoms with Crippen LogP contribution in [-0.4, -0.2) is 29.9 Å². The van der Waals surface area contributed by atoms with Gasteiger partial charge in [-0.05, 0) is 127 Å². The summed E-state index contributed by atoms with van der Waals surface area (Å²) in [6, 6.07) is 111. The molecule has 0 bridgehead atoms. The fourth-order valence-corrected chi connectivity index (χ4v) is 15.2. The molecule has 19 rings (SSSR count). The van der Waals surface area contributed by atoms with E-state index in [1.807, 2.05) is 60.7 Å². The number of nitrogens with zero attached hydrogens (tertiary/aromatic N) is 6. The Labute approximate surface area is 542 Å². The first kappa shape index (κ1) is 53.3. The molecule has 0 amide bonds. The van der Waals surface area contributed by atoms with Crippen LogP contribution < -0.4 is 9.47 Å². The van der Waals surface area contributed by atoms with Crippen LogP contribution in [0.4, 0.5) is 0 Å². The van der Waals surface area contributed by atoms with Gasteiger partial charge in [-0.2, -0.15) is 0 Å². The van der Waals surface area contributed by atoms with Crippen molar-refractivity contribution in [3.63, 3.8) is 0 Å². The average Bonchev–Trinajstić information content (AvgIpc) is 1.47. The Morgan fingerprint density at radius 2 is 0.426 bits per heavy atom. The van der Waals surface area contributed by atoms with E-state index in [9.17, 15) is 0 Å². The highest BCUT2D eigenvalue weighted by molar-refractivity contribution is 5.92. The molecule has 2 aromatic heterocycles. The highest BCUT2D eigenvalue weighted by Gasteiger charge is 2.53. The van der Waals surface area contributed by atoms with E-state index < -0.39 is 10.8 Å². The number of benzene rings is 13. The highest BCUT2D eigenvalue weighted by atomic mass is 16.5. The average molecular weight is 1200 g/mol. The van der Waals surface area contributed by atoms with Gasteiger partial charge in [-0.1, -0.05) is 255 Å². The SMILES string of the molecule is c1ccc(-c2ccc(-c3nc(-c4ccccc4)nc(-c4ccc5c(c4)C4(c6cc(-c7cccc(-c8nc(-c9ccccc9)nc(-c9ccc%10c(c9)C9(c%11ccccc%11O%10)c%10ccccc%10-c%10ccccc%109)n8)c7)ccc6O5)c5ccccc5-c5ccccc54)n3)cc2)cc1. The van der Waals surface area contributed by atoms with Crippen LogP contribution in [0.1, 0.15) is 44.5 Å². The molecule has 2 aliphatic heterocycles. The van der Waals surface area contributed by atoms with Crippen LogP contribution in [0.2, 0.25) is 0 Å². The standard InChI is InChI=1S/C86H52N6O2/c1-4-21-53(22-5-1)54-39-41-57(42-40-54)81-87-79(55-23-6-2-7-24-55)89-83(91-81)62-45-48-78-74(52-62)86(69-35-16-12-31-65(69)66-32-13-17-36-70(66)86)72-50-59(43-46-76(72)94-78)58-27-20-28-60(49-58)82-88-80(56-25-8-3-9-26-56)90-84(92-82)61-44-47-77-73(51-61)85(71-37-18-19-38-75(71)93-77)67-33-14-10-29-63(67)64-30-11-15-34-68(64)85/h1-52H. The molecule has 0 radical (unpaired) electrons. The van der Waals surface area contributed by atoms with Gasteiger partial charge < -0.3 is 9.47 Å². The third kappa shape index (κ3) is 8.12. The van der Waals surface area contributed by atoms with Crippen molar-refractivity contribution in [1.82, 2.24) is 29.9 Å². The molecule has 13 aromatic carbocycles. The second-order valence-electron chi connectivity index (χ2n) is 24.4. The molecule has 8 heteroatoms. The van der Waals surface area contributed by atoms with E-state index in [1.54, 1.807) is 0 Å². The largest absolute Gasteiger partial charge is 0.457 e. The number of fused-ring (bicyclic) bond motifs is 18. The number of rotatable bonds is 8. The molecule has 8 nitrogen and oxygen atoms in total. The molecule has 0 saturated carbocycles. The molecule has 94 heavy (non-hydrogen) atoms. The van der Waals surface area contributed by atoms with Gasteiger partial charge in [-0.25, -0.2) is 29.9 Å². The molecule has 4 heterocycles.